The molecule has 122 valence electrons. The quantitative estimate of drug-likeness (QED) is 0.943. The second-order valence-corrected chi connectivity index (χ2v) is 6.34. The Morgan fingerprint density at radius 2 is 2.09 bits per heavy atom. The van der Waals surface area contributed by atoms with Crippen molar-refractivity contribution in [1.29, 1.82) is 0 Å². The van der Waals surface area contributed by atoms with Crippen molar-refractivity contribution in [2.45, 2.75) is 32.3 Å². The van der Waals surface area contributed by atoms with Crippen LogP contribution < -0.4 is 0 Å². The Morgan fingerprint density at radius 1 is 1.35 bits per heavy atom. The fraction of sp³-hybridized carbons (Fsp3) is 0.444. The summed E-state index contributed by atoms with van der Waals surface area (Å²) in [6.07, 6.45) is 4.22. The minimum Gasteiger partial charge on any atom is -0.393 e. The fourth-order valence-corrected chi connectivity index (χ4v) is 3.32. The van der Waals surface area contributed by atoms with Gasteiger partial charge in [-0.15, -0.1) is 0 Å². The SMILES string of the molecule is Cc1c(C(=O)N(C)CC2CCCC2O)cnn1-c1ccccc1. The molecular weight excluding hydrogens is 290 g/mol. The largest absolute Gasteiger partial charge is 0.393 e. The number of hydrogen-bond donors (Lipinski definition) is 1. The number of carbonyl (C=O) groups excluding carboxylic acids is 1. The minimum absolute atomic E-state index is 0.0382. The molecule has 2 atom stereocenters. The van der Waals surface area contributed by atoms with Crippen molar-refractivity contribution in [3.63, 3.8) is 0 Å². The Labute approximate surface area is 136 Å². The summed E-state index contributed by atoms with van der Waals surface area (Å²) in [4.78, 5) is 14.4. The highest BCUT2D eigenvalue weighted by Crippen LogP contribution is 2.26. The Bertz CT molecular complexity index is 681. The van der Waals surface area contributed by atoms with Gasteiger partial charge in [-0.25, -0.2) is 4.68 Å². The van der Waals surface area contributed by atoms with Crippen LogP contribution in [0.4, 0.5) is 0 Å². The summed E-state index contributed by atoms with van der Waals surface area (Å²) in [5.74, 6) is 0.150. The third-order valence-electron chi connectivity index (χ3n) is 4.71. The van der Waals surface area contributed by atoms with Crippen molar-refractivity contribution in [1.82, 2.24) is 14.7 Å². The number of aromatic nitrogens is 2. The topological polar surface area (TPSA) is 58.4 Å². The van der Waals surface area contributed by atoms with Crippen molar-refractivity contribution in [2.24, 2.45) is 5.92 Å². The lowest BCUT2D eigenvalue weighted by Gasteiger charge is -2.23. The first-order chi connectivity index (χ1) is 11.1. The molecule has 5 nitrogen and oxygen atoms in total. The van der Waals surface area contributed by atoms with Crippen LogP contribution in [-0.2, 0) is 0 Å². The molecule has 3 rings (SSSR count). The first-order valence-corrected chi connectivity index (χ1v) is 8.11. The van der Waals surface area contributed by atoms with E-state index in [9.17, 15) is 9.90 Å². The average Bonchev–Trinajstić information content (AvgIpc) is 3.14. The summed E-state index contributed by atoms with van der Waals surface area (Å²) in [5.41, 5.74) is 2.39. The number of para-hydroxylation sites is 1. The van der Waals surface area contributed by atoms with E-state index in [0.717, 1.165) is 30.6 Å². The maximum Gasteiger partial charge on any atom is 0.257 e. The van der Waals surface area contributed by atoms with E-state index in [1.165, 1.54) is 0 Å². The molecule has 2 unspecified atom stereocenters. The van der Waals surface area contributed by atoms with Crippen molar-refractivity contribution in [3.8, 4) is 5.69 Å². The molecule has 1 aliphatic rings. The van der Waals surface area contributed by atoms with Gasteiger partial charge < -0.3 is 10.0 Å². The van der Waals surface area contributed by atoms with Crippen LogP contribution in [-0.4, -0.2) is 45.4 Å². The molecule has 1 aliphatic carbocycles. The number of nitrogens with zero attached hydrogens (tertiary/aromatic N) is 3. The van der Waals surface area contributed by atoms with E-state index in [0.29, 0.717) is 12.1 Å². The number of benzene rings is 1. The monoisotopic (exact) mass is 313 g/mol. The van der Waals surface area contributed by atoms with Gasteiger partial charge in [0, 0.05) is 19.5 Å². The molecule has 1 heterocycles. The van der Waals surface area contributed by atoms with Gasteiger partial charge in [-0.2, -0.15) is 5.10 Å². The molecular formula is C18H23N3O2. The van der Waals surface area contributed by atoms with Crippen LogP contribution >= 0.6 is 0 Å². The van der Waals surface area contributed by atoms with E-state index in [1.54, 1.807) is 22.8 Å². The molecule has 5 heteroatoms. The lowest BCUT2D eigenvalue weighted by Crippen LogP contribution is -2.34. The molecule has 1 amide bonds. The summed E-state index contributed by atoms with van der Waals surface area (Å²) in [6, 6.07) is 9.78. The van der Waals surface area contributed by atoms with Gasteiger partial charge in [-0.3, -0.25) is 4.79 Å². The minimum atomic E-state index is -0.279. The molecule has 0 bridgehead atoms. The third-order valence-corrected chi connectivity index (χ3v) is 4.71. The van der Waals surface area contributed by atoms with E-state index >= 15 is 0 Å². The van der Waals surface area contributed by atoms with Gasteiger partial charge in [0.1, 0.15) is 0 Å². The van der Waals surface area contributed by atoms with Crippen LogP contribution in [0.25, 0.3) is 5.69 Å². The van der Waals surface area contributed by atoms with Gasteiger partial charge in [0.15, 0.2) is 0 Å². The molecule has 0 aliphatic heterocycles. The van der Waals surface area contributed by atoms with Crippen molar-refractivity contribution >= 4 is 5.91 Å². The van der Waals surface area contributed by atoms with Crippen molar-refractivity contribution in [3.05, 3.63) is 47.8 Å². The Kier molecular flexibility index (Phi) is 4.48. The summed E-state index contributed by atoms with van der Waals surface area (Å²) in [6.45, 7) is 2.50. The first kappa shape index (κ1) is 15.7. The molecule has 1 fully saturated rings. The zero-order valence-corrected chi connectivity index (χ0v) is 13.6. The second kappa shape index (κ2) is 6.54. The number of hydrogen-bond acceptors (Lipinski definition) is 3. The molecule has 2 aromatic rings. The molecule has 0 spiro atoms. The Morgan fingerprint density at radius 3 is 2.74 bits per heavy atom. The van der Waals surface area contributed by atoms with Crippen LogP contribution in [0.5, 0.6) is 0 Å². The van der Waals surface area contributed by atoms with Crippen LogP contribution in [0, 0.1) is 12.8 Å². The summed E-state index contributed by atoms with van der Waals surface area (Å²) in [5, 5.41) is 14.3. The fourth-order valence-electron chi connectivity index (χ4n) is 3.32. The Hall–Kier alpha value is -2.14. The lowest BCUT2D eigenvalue weighted by molar-refractivity contribution is 0.0693. The van der Waals surface area contributed by atoms with Crippen LogP contribution in [0.1, 0.15) is 35.3 Å². The standard InChI is InChI=1S/C18H23N3O2/c1-13-16(11-19-21(13)15-8-4-3-5-9-15)18(23)20(2)12-14-7-6-10-17(14)22/h3-5,8-9,11,14,17,22H,6-7,10,12H2,1-2H3. The number of aliphatic hydroxyl groups excluding tert-OH is 1. The second-order valence-electron chi connectivity index (χ2n) is 6.34. The highest BCUT2D eigenvalue weighted by molar-refractivity contribution is 5.95. The van der Waals surface area contributed by atoms with E-state index < -0.39 is 0 Å². The number of rotatable bonds is 4. The van der Waals surface area contributed by atoms with E-state index in [4.69, 9.17) is 0 Å². The van der Waals surface area contributed by atoms with Gasteiger partial charge in [0.2, 0.25) is 0 Å². The molecule has 1 aromatic heterocycles. The zero-order chi connectivity index (χ0) is 16.4. The molecule has 1 N–H and O–H groups in total. The summed E-state index contributed by atoms with van der Waals surface area (Å²) in [7, 11) is 1.80. The van der Waals surface area contributed by atoms with Gasteiger partial charge in [-0.05, 0) is 31.9 Å². The Balaban J connectivity index is 1.76. The maximum atomic E-state index is 12.7. The van der Waals surface area contributed by atoms with E-state index in [2.05, 4.69) is 5.10 Å². The van der Waals surface area contributed by atoms with Gasteiger partial charge in [0.05, 0.1) is 29.2 Å². The van der Waals surface area contributed by atoms with Gasteiger partial charge in [0.25, 0.3) is 5.91 Å². The zero-order valence-electron chi connectivity index (χ0n) is 13.6. The first-order valence-electron chi connectivity index (χ1n) is 8.11. The molecule has 1 aromatic carbocycles. The lowest BCUT2D eigenvalue weighted by atomic mass is 10.1. The van der Waals surface area contributed by atoms with Crippen LogP contribution in [0.3, 0.4) is 0 Å². The molecule has 0 saturated heterocycles. The van der Waals surface area contributed by atoms with Gasteiger partial charge in [-0.1, -0.05) is 24.6 Å². The van der Waals surface area contributed by atoms with Crippen LogP contribution in [0.15, 0.2) is 36.5 Å². The highest BCUT2D eigenvalue weighted by Gasteiger charge is 2.28. The smallest absolute Gasteiger partial charge is 0.257 e. The third kappa shape index (κ3) is 3.15. The van der Waals surface area contributed by atoms with Crippen LogP contribution in [0.2, 0.25) is 0 Å². The number of carbonyl (C=O) groups is 1. The van der Waals surface area contributed by atoms with E-state index in [-0.39, 0.29) is 17.9 Å². The van der Waals surface area contributed by atoms with Crippen molar-refractivity contribution in [2.75, 3.05) is 13.6 Å². The normalized spacial score (nSPS) is 20.7. The number of amides is 1. The predicted molar refractivity (Wildman–Crippen MR) is 88.6 cm³/mol. The summed E-state index contributed by atoms with van der Waals surface area (Å²) >= 11 is 0. The predicted octanol–water partition coefficient (Wildman–Crippen LogP) is 2.41. The molecule has 0 radical (unpaired) electrons. The maximum absolute atomic E-state index is 12.7. The molecule has 23 heavy (non-hydrogen) atoms. The summed E-state index contributed by atoms with van der Waals surface area (Å²) < 4.78 is 1.78. The highest BCUT2D eigenvalue weighted by atomic mass is 16.3. The van der Waals surface area contributed by atoms with E-state index in [1.807, 2.05) is 37.3 Å². The molecule has 1 saturated carbocycles. The number of aliphatic hydroxyl groups is 1. The van der Waals surface area contributed by atoms with Crippen molar-refractivity contribution < 1.29 is 9.90 Å². The van der Waals surface area contributed by atoms with Gasteiger partial charge >= 0.3 is 0 Å². The average molecular weight is 313 g/mol.